The fourth-order valence-corrected chi connectivity index (χ4v) is 0.397. The molecule has 5 nitrogen and oxygen atoms in total. The van der Waals surface area contributed by atoms with Crippen molar-refractivity contribution in [2.45, 2.75) is 26.3 Å². The van der Waals surface area contributed by atoms with Crippen molar-refractivity contribution in [3.05, 3.63) is 0 Å². The molecule has 6 heteroatoms. The average molecular weight is 212 g/mol. The summed E-state index contributed by atoms with van der Waals surface area (Å²) >= 11 is 4.72. The molecule has 0 saturated heterocycles. The summed E-state index contributed by atoms with van der Waals surface area (Å²) in [5.41, 5.74) is 4.28. The van der Waals surface area contributed by atoms with Crippen LogP contribution in [0.25, 0.3) is 0 Å². The zero-order valence-corrected chi connectivity index (χ0v) is 8.37. The Kier molecular flexibility index (Phi) is 10.5. The van der Waals surface area contributed by atoms with E-state index in [-0.39, 0.29) is 0 Å². The van der Waals surface area contributed by atoms with Crippen LogP contribution in [0.1, 0.15) is 20.3 Å². The van der Waals surface area contributed by atoms with Gasteiger partial charge < -0.3 is 15.6 Å². The van der Waals surface area contributed by atoms with E-state index in [4.69, 9.17) is 22.4 Å². The van der Waals surface area contributed by atoms with Gasteiger partial charge in [-0.25, -0.2) is 4.79 Å². The maximum atomic E-state index is 9.81. The van der Waals surface area contributed by atoms with E-state index in [9.17, 15) is 9.59 Å². The monoisotopic (exact) mass is 211 g/mol. The normalized spacial score (nSPS) is 10.8. The topological polar surface area (TPSA) is 89.6 Å². The number of hydrogen-bond acceptors (Lipinski definition) is 4. The number of aliphatic carboxylic acids is 1. The lowest BCUT2D eigenvalue weighted by Gasteiger charge is -1.97. The number of carbonyl (C=O) groups excluding carboxylic acids is 1. The SMILES string of the molecule is CCC(N)C(=O)O.CCOC(=O)Cl. The molecule has 13 heavy (non-hydrogen) atoms. The molecule has 0 amide bonds. The molecule has 0 bridgehead atoms. The van der Waals surface area contributed by atoms with Crippen molar-refractivity contribution in [1.29, 1.82) is 0 Å². The second-order valence-corrected chi connectivity index (χ2v) is 2.33. The average Bonchev–Trinajstić information content (AvgIpc) is 2.03. The smallest absolute Gasteiger partial charge is 0.403 e. The Hall–Kier alpha value is -0.810. The lowest BCUT2D eigenvalue weighted by molar-refractivity contribution is -0.138. The van der Waals surface area contributed by atoms with Gasteiger partial charge in [-0.3, -0.25) is 4.79 Å². The molecule has 78 valence electrons. The van der Waals surface area contributed by atoms with E-state index >= 15 is 0 Å². The van der Waals surface area contributed by atoms with Crippen LogP contribution in [-0.4, -0.2) is 29.2 Å². The molecule has 3 N–H and O–H groups in total. The minimum absolute atomic E-state index is 0.350. The summed E-state index contributed by atoms with van der Waals surface area (Å²) in [6, 6.07) is -0.681. The Morgan fingerprint density at radius 1 is 1.54 bits per heavy atom. The first-order valence-electron chi connectivity index (χ1n) is 3.76. The van der Waals surface area contributed by atoms with Gasteiger partial charge in [0.2, 0.25) is 0 Å². The van der Waals surface area contributed by atoms with Crippen LogP contribution < -0.4 is 5.73 Å². The van der Waals surface area contributed by atoms with Crippen molar-refractivity contribution in [3.8, 4) is 0 Å². The van der Waals surface area contributed by atoms with Crippen molar-refractivity contribution in [2.24, 2.45) is 5.73 Å². The van der Waals surface area contributed by atoms with Crippen LogP contribution in [0.3, 0.4) is 0 Å². The lowest BCUT2D eigenvalue weighted by atomic mass is 10.2. The van der Waals surface area contributed by atoms with Crippen molar-refractivity contribution in [3.63, 3.8) is 0 Å². The molecule has 0 aromatic heterocycles. The highest BCUT2D eigenvalue weighted by molar-refractivity contribution is 6.61. The molecule has 0 aliphatic heterocycles. The van der Waals surface area contributed by atoms with Crippen LogP contribution >= 0.6 is 11.6 Å². The van der Waals surface area contributed by atoms with Crippen molar-refractivity contribution in [1.82, 2.24) is 0 Å². The van der Waals surface area contributed by atoms with Crippen LogP contribution in [0.2, 0.25) is 0 Å². The first-order chi connectivity index (χ1) is 5.95. The van der Waals surface area contributed by atoms with Gasteiger partial charge in [0.25, 0.3) is 0 Å². The molecule has 0 aliphatic carbocycles. The number of nitrogens with two attached hydrogens (primary N) is 1. The molecule has 0 radical (unpaired) electrons. The second kappa shape index (κ2) is 9.28. The van der Waals surface area contributed by atoms with Gasteiger partial charge in [0.1, 0.15) is 6.04 Å². The van der Waals surface area contributed by atoms with Crippen LogP contribution in [0.15, 0.2) is 0 Å². The summed E-state index contributed by atoms with van der Waals surface area (Å²) in [7, 11) is 0. The van der Waals surface area contributed by atoms with Crippen molar-refractivity contribution < 1.29 is 19.4 Å². The third-order valence-corrected chi connectivity index (χ3v) is 1.12. The summed E-state index contributed by atoms with van der Waals surface area (Å²) in [6.07, 6.45) is 0.495. The van der Waals surface area contributed by atoms with Crippen LogP contribution in [0, 0.1) is 0 Å². The molecule has 0 fully saturated rings. The molecule has 0 aromatic carbocycles. The summed E-state index contributed by atoms with van der Waals surface area (Å²) in [4.78, 5) is 19.4. The van der Waals surface area contributed by atoms with Gasteiger partial charge in [-0.15, -0.1) is 0 Å². The Balaban J connectivity index is 0. The van der Waals surface area contributed by atoms with Gasteiger partial charge in [-0.05, 0) is 13.3 Å². The third kappa shape index (κ3) is 14.1. The highest BCUT2D eigenvalue weighted by Gasteiger charge is 2.05. The first-order valence-corrected chi connectivity index (χ1v) is 4.14. The fourth-order valence-electron chi connectivity index (χ4n) is 0.288. The fraction of sp³-hybridized carbons (Fsp3) is 0.714. The second-order valence-electron chi connectivity index (χ2n) is 2.02. The quantitative estimate of drug-likeness (QED) is 0.685. The standard InChI is InChI=1S/C4H9NO2.C3H5ClO2/c1-2-3(5)4(6)7;1-2-6-3(4)5/h3H,2,5H2,1H3,(H,6,7);2H2,1H3. The molecule has 0 saturated carbocycles. The number of rotatable bonds is 3. The Morgan fingerprint density at radius 2 is 2.00 bits per heavy atom. The number of ether oxygens (including phenoxy) is 1. The Bertz CT molecular complexity index is 163. The predicted octanol–water partition coefficient (Wildman–Crippen LogP) is 1.19. The maximum Gasteiger partial charge on any atom is 0.403 e. The molecule has 0 aliphatic rings. The molecule has 0 heterocycles. The van der Waals surface area contributed by atoms with Gasteiger partial charge in [0, 0.05) is 11.6 Å². The van der Waals surface area contributed by atoms with E-state index in [1.54, 1.807) is 13.8 Å². The van der Waals surface area contributed by atoms with Crippen molar-refractivity contribution in [2.75, 3.05) is 6.61 Å². The summed E-state index contributed by atoms with van der Waals surface area (Å²) in [5, 5.41) is 8.06. The van der Waals surface area contributed by atoms with E-state index in [2.05, 4.69) is 4.74 Å². The number of carbonyl (C=O) groups is 2. The molecular weight excluding hydrogens is 198 g/mol. The van der Waals surface area contributed by atoms with Crippen LogP contribution in [0.5, 0.6) is 0 Å². The highest BCUT2D eigenvalue weighted by Crippen LogP contribution is 1.83. The number of carboxylic acids is 1. The molecule has 1 atom stereocenters. The third-order valence-electron chi connectivity index (χ3n) is 1.01. The summed E-state index contributed by atoms with van der Waals surface area (Å²) in [5.74, 6) is -0.928. The Morgan fingerprint density at radius 3 is 2.00 bits per heavy atom. The van der Waals surface area contributed by atoms with Gasteiger partial charge in [0.05, 0.1) is 6.61 Å². The van der Waals surface area contributed by atoms with E-state index in [1.165, 1.54) is 0 Å². The molecule has 0 rings (SSSR count). The summed E-state index contributed by atoms with van der Waals surface area (Å²) < 4.78 is 4.17. The lowest BCUT2D eigenvalue weighted by Crippen LogP contribution is -2.28. The summed E-state index contributed by atoms with van der Waals surface area (Å²) in [6.45, 7) is 3.78. The number of carboxylic acid groups (broad SMARTS) is 1. The van der Waals surface area contributed by atoms with Crippen molar-refractivity contribution >= 4 is 23.0 Å². The predicted molar refractivity (Wildman–Crippen MR) is 48.8 cm³/mol. The first kappa shape index (κ1) is 14.7. The number of hydrogen-bond donors (Lipinski definition) is 2. The molecule has 1 unspecified atom stereocenters. The minimum atomic E-state index is -0.928. The van der Waals surface area contributed by atoms with Gasteiger partial charge in [-0.1, -0.05) is 6.92 Å². The van der Waals surface area contributed by atoms with Gasteiger partial charge in [-0.2, -0.15) is 0 Å². The van der Waals surface area contributed by atoms with Crippen LogP contribution in [-0.2, 0) is 9.53 Å². The maximum absolute atomic E-state index is 9.81. The molecule has 0 aromatic rings. The molecular formula is C7H14ClNO4. The number of halogens is 1. The molecule has 0 spiro atoms. The largest absolute Gasteiger partial charge is 0.480 e. The van der Waals surface area contributed by atoms with E-state index in [0.717, 1.165) is 0 Å². The minimum Gasteiger partial charge on any atom is -0.480 e. The highest BCUT2D eigenvalue weighted by atomic mass is 35.5. The van der Waals surface area contributed by atoms with Crippen LogP contribution in [0.4, 0.5) is 4.79 Å². The Labute approximate surface area is 81.8 Å². The van der Waals surface area contributed by atoms with E-state index in [1.807, 2.05) is 0 Å². The zero-order chi connectivity index (χ0) is 10.9. The zero-order valence-electron chi connectivity index (χ0n) is 7.62. The van der Waals surface area contributed by atoms with E-state index < -0.39 is 17.4 Å². The van der Waals surface area contributed by atoms with E-state index in [0.29, 0.717) is 13.0 Å². The van der Waals surface area contributed by atoms with Gasteiger partial charge >= 0.3 is 11.4 Å². The van der Waals surface area contributed by atoms with Gasteiger partial charge in [0.15, 0.2) is 0 Å².